The third-order valence-electron chi connectivity index (χ3n) is 5.75. The van der Waals surface area contributed by atoms with E-state index < -0.39 is 6.04 Å². The van der Waals surface area contributed by atoms with Crippen molar-refractivity contribution in [3.8, 4) is 0 Å². The van der Waals surface area contributed by atoms with E-state index in [0.717, 1.165) is 18.7 Å². The second-order valence-electron chi connectivity index (χ2n) is 8.48. The van der Waals surface area contributed by atoms with Gasteiger partial charge < -0.3 is 10.6 Å². The Balaban J connectivity index is 1.67. The van der Waals surface area contributed by atoms with Crippen molar-refractivity contribution in [2.45, 2.75) is 45.7 Å². The van der Waals surface area contributed by atoms with E-state index in [4.69, 9.17) is 0 Å². The van der Waals surface area contributed by atoms with E-state index in [0.29, 0.717) is 12.1 Å². The molecule has 2 amide bonds. The Bertz CT molecular complexity index is 844. The van der Waals surface area contributed by atoms with Crippen LogP contribution in [0.25, 0.3) is 0 Å². The molecule has 30 heavy (non-hydrogen) atoms. The number of aryl methyl sites for hydroxylation is 1. The fraction of sp³-hybridized carbons (Fsp3) is 0.440. The Morgan fingerprint density at radius 2 is 1.70 bits per heavy atom. The Morgan fingerprint density at radius 3 is 2.33 bits per heavy atom. The van der Waals surface area contributed by atoms with Gasteiger partial charge in [0, 0.05) is 12.1 Å². The lowest BCUT2D eigenvalue weighted by atomic mass is 10.0. The van der Waals surface area contributed by atoms with Crippen molar-refractivity contribution < 1.29 is 9.59 Å². The zero-order valence-corrected chi connectivity index (χ0v) is 18.2. The fourth-order valence-corrected chi connectivity index (χ4v) is 4.04. The van der Waals surface area contributed by atoms with Crippen molar-refractivity contribution in [1.29, 1.82) is 0 Å². The largest absolute Gasteiger partial charge is 0.352 e. The molecule has 5 nitrogen and oxygen atoms in total. The van der Waals surface area contributed by atoms with Crippen LogP contribution in [0.5, 0.6) is 0 Å². The molecule has 0 radical (unpaired) electrons. The highest BCUT2D eigenvalue weighted by atomic mass is 16.2. The number of amides is 2. The number of likely N-dealkylation sites (tertiary alicyclic amines) is 1. The van der Waals surface area contributed by atoms with Crippen molar-refractivity contribution in [2.24, 2.45) is 5.92 Å². The molecule has 1 saturated heterocycles. The first-order valence-corrected chi connectivity index (χ1v) is 10.9. The highest BCUT2D eigenvalue weighted by molar-refractivity contribution is 5.97. The zero-order chi connectivity index (χ0) is 21.5. The van der Waals surface area contributed by atoms with Gasteiger partial charge in [-0.1, -0.05) is 61.9 Å². The van der Waals surface area contributed by atoms with Gasteiger partial charge in [-0.2, -0.15) is 0 Å². The van der Waals surface area contributed by atoms with Crippen LogP contribution in [0, 0.1) is 12.8 Å². The first-order valence-electron chi connectivity index (χ1n) is 10.9. The Hall–Kier alpha value is -2.66. The van der Waals surface area contributed by atoms with E-state index in [1.54, 1.807) is 6.07 Å². The van der Waals surface area contributed by atoms with Gasteiger partial charge in [0.05, 0.1) is 6.04 Å². The molecule has 0 spiro atoms. The monoisotopic (exact) mass is 407 g/mol. The summed E-state index contributed by atoms with van der Waals surface area (Å²) in [6, 6.07) is 17.3. The van der Waals surface area contributed by atoms with Gasteiger partial charge in [-0.3, -0.25) is 14.5 Å². The van der Waals surface area contributed by atoms with Crippen LogP contribution in [0.4, 0.5) is 0 Å². The van der Waals surface area contributed by atoms with Crippen molar-refractivity contribution in [2.75, 3.05) is 19.6 Å². The molecule has 2 N–H and O–H groups in total. The second-order valence-corrected chi connectivity index (χ2v) is 8.48. The summed E-state index contributed by atoms with van der Waals surface area (Å²) < 4.78 is 0. The molecular formula is C25H33N3O2. The van der Waals surface area contributed by atoms with Crippen molar-refractivity contribution >= 4 is 11.8 Å². The van der Waals surface area contributed by atoms with Gasteiger partial charge in [0.2, 0.25) is 5.91 Å². The minimum atomic E-state index is -0.576. The highest BCUT2D eigenvalue weighted by Crippen LogP contribution is 2.24. The quantitative estimate of drug-likeness (QED) is 0.701. The molecular weight excluding hydrogens is 374 g/mol. The van der Waals surface area contributed by atoms with Gasteiger partial charge in [0.15, 0.2) is 0 Å². The lowest BCUT2D eigenvalue weighted by molar-refractivity contribution is -0.124. The van der Waals surface area contributed by atoms with Gasteiger partial charge >= 0.3 is 0 Å². The molecule has 1 fully saturated rings. The lowest BCUT2D eigenvalue weighted by Gasteiger charge is -2.29. The van der Waals surface area contributed by atoms with Crippen LogP contribution >= 0.6 is 0 Å². The topological polar surface area (TPSA) is 61.4 Å². The summed E-state index contributed by atoms with van der Waals surface area (Å²) >= 11 is 0. The first kappa shape index (κ1) is 22.0. The predicted octanol–water partition coefficient (Wildman–Crippen LogP) is 3.70. The summed E-state index contributed by atoms with van der Waals surface area (Å²) in [5.74, 6) is -0.362. The molecule has 1 heterocycles. The predicted molar refractivity (Wildman–Crippen MR) is 120 cm³/mol. The Labute approximate surface area is 179 Å². The molecule has 2 unspecified atom stereocenters. The van der Waals surface area contributed by atoms with Crippen LogP contribution in [-0.2, 0) is 4.79 Å². The smallest absolute Gasteiger partial charge is 0.251 e. The summed E-state index contributed by atoms with van der Waals surface area (Å²) in [6.45, 7) is 8.49. The van der Waals surface area contributed by atoms with Crippen LogP contribution in [0.3, 0.4) is 0 Å². The molecule has 2 aromatic rings. The third kappa shape index (κ3) is 5.70. The SMILES string of the molecule is Cc1cccc(C(=O)NC(C(=O)NCC(c2ccccc2)N2CCCC2)C(C)C)c1. The average Bonchev–Trinajstić information content (AvgIpc) is 3.27. The molecule has 0 aromatic heterocycles. The number of hydrogen-bond donors (Lipinski definition) is 2. The summed E-state index contributed by atoms with van der Waals surface area (Å²) in [5, 5.41) is 6.04. The van der Waals surface area contributed by atoms with Gasteiger partial charge in [-0.05, 0) is 56.5 Å². The number of benzene rings is 2. The van der Waals surface area contributed by atoms with E-state index >= 15 is 0 Å². The number of carbonyl (C=O) groups is 2. The Morgan fingerprint density at radius 1 is 1.00 bits per heavy atom. The third-order valence-corrected chi connectivity index (χ3v) is 5.75. The maximum absolute atomic E-state index is 13.0. The van der Waals surface area contributed by atoms with Gasteiger partial charge in [-0.25, -0.2) is 0 Å². The van der Waals surface area contributed by atoms with Crippen LogP contribution in [-0.4, -0.2) is 42.4 Å². The second kappa shape index (κ2) is 10.4. The molecule has 2 atom stereocenters. The van der Waals surface area contributed by atoms with E-state index in [-0.39, 0.29) is 23.8 Å². The van der Waals surface area contributed by atoms with Crippen LogP contribution < -0.4 is 10.6 Å². The van der Waals surface area contributed by atoms with Crippen molar-refractivity contribution in [3.63, 3.8) is 0 Å². The van der Waals surface area contributed by atoms with E-state index in [1.165, 1.54) is 18.4 Å². The fourth-order valence-electron chi connectivity index (χ4n) is 4.04. The molecule has 0 bridgehead atoms. The number of hydrogen-bond acceptors (Lipinski definition) is 3. The summed E-state index contributed by atoms with van der Waals surface area (Å²) in [5.41, 5.74) is 2.81. The first-order chi connectivity index (χ1) is 14.5. The summed E-state index contributed by atoms with van der Waals surface area (Å²) in [6.07, 6.45) is 2.39. The van der Waals surface area contributed by atoms with Gasteiger partial charge in [0.25, 0.3) is 5.91 Å². The minimum absolute atomic E-state index is 0.0132. The van der Waals surface area contributed by atoms with Crippen molar-refractivity contribution in [1.82, 2.24) is 15.5 Å². The standard InChI is InChI=1S/C25H33N3O2/c1-18(2)23(27-24(29)21-13-9-10-19(3)16-21)25(30)26-17-22(28-14-7-8-15-28)20-11-5-4-6-12-20/h4-6,9-13,16,18,22-23H,7-8,14-15,17H2,1-3H3,(H,26,30)(H,27,29). The molecule has 160 valence electrons. The van der Waals surface area contributed by atoms with Crippen LogP contribution in [0.2, 0.25) is 0 Å². The molecule has 0 saturated carbocycles. The highest BCUT2D eigenvalue weighted by Gasteiger charge is 2.28. The zero-order valence-electron chi connectivity index (χ0n) is 18.2. The van der Waals surface area contributed by atoms with Crippen LogP contribution in [0.15, 0.2) is 54.6 Å². The van der Waals surface area contributed by atoms with E-state index in [1.807, 2.05) is 57.2 Å². The Kier molecular flexibility index (Phi) is 7.63. The summed E-state index contributed by atoms with van der Waals surface area (Å²) in [7, 11) is 0. The number of carbonyl (C=O) groups excluding carboxylic acids is 2. The maximum atomic E-state index is 13.0. The maximum Gasteiger partial charge on any atom is 0.251 e. The molecule has 0 aliphatic carbocycles. The normalized spacial score (nSPS) is 16.3. The average molecular weight is 408 g/mol. The number of rotatable bonds is 8. The molecule has 3 rings (SSSR count). The van der Waals surface area contributed by atoms with Crippen LogP contribution in [0.1, 0.15) is 54.2 Å². The van der Waals surface area contributed by atoms with Gasteiger partial charge in [0.1, 0.15) is 6.04 Å². The lowest BCUT2D eigenvalue weighted by Crippen LogP contribution is -2.51. The van der Waals surface area contributed by atoms with Gasteiger partial charge in [-0.15, -0.1) is 0 Å². The molecule has 1 aliphatic rings. The minimum Gasteiger partial charge on any atom is -0.352 e. The summed E-state index contributed by atoms with van der Waals surface area (Å²) in [4.78, 5) is 28.1. The van der Waals surface area contributed by atoms with E-state index in [9.17, 15) is 9.59 Å². The van der Waals surface area contributed by atoms with E-state index in [2.05, 4.69) is 27.7 Å². The molecule has 2 aromatic carbocycles. The molecule has 1 aliphatic heterocycles. The number of nitrogens with one attached hydrogen (secondary N) is 2. The van der Waals surface area contributed by atoms with Crippen molar-refractivity contribution in [3.05, 3.63) is 71.3 Å². The number of nitrogens with zero attached hydrogens (tertiary/aromatic N) is 1. The molecule has 5 heteroatoms.